The first kappa shape index (κ1) is 13.6. The summed E-state index contributed by atoms with van der Waals surface area (Å²) < 4.78 is 0. The Kier molecular flexibility index (Phi) is 3.87. The van der Waals surface area contributed by atoms with Gasteiger partial charge in [-0.1, -0.05) is 61.9 Å². The van der Waals surface area contributed by atoms with Crippen molar-refractivity contribution in [1.29, 1.82) is 0 Å². The molecule has 21 heavy (non-hydrogen) atoms. The lowest BCUT2D eigenvalue weighted by molar-refractivity contribution is 0.919. The number of fused-ring (bicyclic) bond motifs is 1. The van der Waals surface area contributed by atoms with Crippen LogP contribution < -0.4 is 5.32 Å². The summed E-state index contributed by atoms with van der Waals surface area (Å²) >= 11 is 0. The third-order valence-electron chi connectivity index (χ3n) is 3.77. The highest BCUT2D eigenvalue weighted by atomic mass is 15.0. The first-order valence-electron chi connectivity index (χ1n) is 7.49. The summed E-state index contributed by atoms with van der Waals surface area (Å²) in [4.78, 5) is 4.88. The van der Waals surface area contributed by atoms with E-state index in [9.17, 15) is 0 Å². The minimum Gasteiger partial charge on any atom is -0.373 e. The third-order valence-corrected chi connectivity index (χ3v) is 3.77. The van der Waals surface area contributed by atoms with Crippen LogP contribution in [0.5, 0.6) is 0 Å². The van der Waals surface area contributed by atoms with Crippen LogP contribution in [0.15, 0.2) is 54.6 Å². The van der Waals surface area contributed by atoms with Crippen LogP contribution in [0.25, 0.3) is 22.0 Å². The van der Waals surface area contributed by atoms with Crippen molar-refractivity contribution in [1.82, 2.24) is 4.98 Å². The molecule has 0 bridgehead atoms. The molecule has 0 amide bonds. The fourth-order valence-electron chi connectivity index (χ4n) is 2.77. The Hall–Kier alpha value is -2.35. The van der Waals surface area contributed by atoms with Crippen LogP contribution in [0.4, 0.5) is 5.82 Å². The molecular formula is C19H20N2. The van der Waals surface area contributed by atoms with E-state index in [1.54, 1.807) is 0 Å². The number of anilines is 1. The maximum absolute atomic E-state index is 4.88. The number of para-hydroxylation sites is 1. The summed E-state index contributed by atoms with van der Waals surface area (Å²) in [6.07, 6.45) is 2.18. The van der Waals surface area contributed by atoms with Crippen molar-refractivity contribution in [2.24, 2.45) is 0 Å². The van der Waals surface area contributed by atoms with E-state index >= 15 is 0 Å². The van der Waals surface area contributed by atoms with Gasteiger partial charge in [-0.05, 0) is 23.6 Å². The topological polar surface area (TPSA) is 24.9 Å². The molecule has 0 aliphatic heterocycles. The molecule has 0 atom stereocenters. The van der Waals surface area contributed by atoms with Crippen LogP contribution in [0.2, 0.25) is 0 Å². The number of aromatic nitrogens is 1. The van der Waals surface area contributed by atoms with Gasteiger partial charge < -0.3 is 5.32 Å². The molecule has 0 fully saturated rings. The Balaban J connectivity index is 2.23. The first-order valence-corrected chi connectivity index (χ1v) is 7.49. The van der Waals surface area contributed by atoms with E-state index in [1.807, 2.05) is 13.1 Å². The third kappa shape index (κ3) is 2.62. The molecule has 0 spiro atoms. The lowest BCUT2D eigenvalue weighted by Crippen LogP contribution is -2.00. The number of aryl methyl sites for hydroxylation is 1. The molecule has 1 aromatic heterocycles. The summed E-state index contributed by atoms with van der Waals surface area (Å²) in [5, 5.41) is 4.45. The van der Waals surface area contributed by atoms with Crippen LogP contribution >= 0.6 is 0 Å². The van der Waals surface area contributed by atoms with Gasteiger partial charge in [0.1, 0.15) is 5.82 Å². The van der Waals surface area contributed by atoms with Crippen LogP contribution in [0.1, 0.15) is 18.9 Å². The molecule has 0 saturated carbocycles. The second-order valence-corrected chi connectivity index (χ2v) is 5.24. The van der Waals surface area contributed by atoms with Crippen LogP contribution in [0, 0.1) is 0 Å². The molecule has 0 radical (unpaired) electrons. The smallest absolute Gasteiger partial charge is 0.129 e. The lowest BCUT2D eigenvalue weighted by Gasteiger charge is -2.12. The standard InChI is InChI=1S/C19H20N2/c1-3-8-16-13-15-11-7-12-17(14-9-5-4-6-10-14)18(15)21-19(16)20-2/h4-7,9-13H,3,8H2,1-2H3,(H,20,21). The number of nitrogens with one attached hydrogen (secondary N) is 1. The average molecular weight is 276 g/mol. The SMILES string of the molecule is CCCc1cc2cccc(-c3ccccc3)c2nc1NC. The Bertz CT molecular complexity index is 748. The molecule has 1 N–H and O–H groups in total. The number of rotatable bonds is 4. The van der Waals surface area contributed by atoms with Gasteiger partial charge in [-0.3, -0.25) is 0 Å². The van der Waals surface area contributed by atoms with Gasteiger partial charge in [-0.2, -0.15) is 0 Å². The predicted molar refractivity (Wildman–Crippen MR) is 90.7 cm³/mol. The van der Waals surface area contributed by atoms with Crippen molar-refractivity contribution in [3.8, 4) is 11.1 Å². The molecule has 106 valence electrons. The van der Waals surface area contributed by atoms with Crippen molar-refractivity contribution in [2.45, 2.75) is 19.8 Å². The largest absolute Gasteiger partial charge is 0.373 e. The molecule has 0 aliphatic rings. The van der Waals surface area contributed by atoms with Crippen molar-refractivity contribution in [2.75, 3.05) is 12.4 Å². The van der Waals surface area contributed by atoms with Crippen molar-refractivity contribution in [3.63, 3.8) is 0 Å². The summed E-state index contributed by atoms with van der Waals surface area (Å²) in [6.45, 7) is 2.20. The normalized spacial score (nSPS) is 10.8. The number of pyridine rings is 1. The monoisotopic (exact) mass is 276 g/mol. The lowest BCUT2D eigenvalue weighted by atomic mass is 10.00. The summed E-state index contributed by atoms with van der Waals surface area (Å²) in [5.41, 5.74) is 4.75. The van der Waals surface area contributed by atoms with E-state index in [0.717, 1.165) is 24.2 Å². The summed E-state index contributed by atoms with van der Waals surface area (Å²) in [6, 6.07) is 19.1. The molecule has 1 heterocycles. The van der Waals surface area contributed by atoms with E-state index in [4.69, 9.17) is 4.98 Å². The molecular weight excluding hydrogens is 256 g/mol. The number of hydrogen-bond acceptors (Lipinski definition) is 2. The van der Waals surface area contributed by atoms with Gasteiger partial charge in [0.25, 0.3) is 0 Å². The van der Waals surface area contributed by atoms with E-state index in [-0.39, 0.29) is 0 Å². The van der Waals surface area contributed by atoms with Gasteiger partial charge in [0.05, 0.1) is 5.52 Å². The van der Waals surface area contributed by atoms with Gasteiger partial charge in [-0.25, -0.2) is 4.98 Å². The maximum atomic E-state index is 4.88. The van der Waals surface area contributed by atoms with E-state index in [0.29, 0.717) is 0 Å². The van der Waals surface area contributed by atoms with Gasteiger partial charge in [-0.15, -0.1) is 0 Å². The molecule has 2 nitrogen and oxygen atoms in total. The summed E-state index contributed by atoms with van der Waals surface area (Å²) in [5.74, 6) is 0.993. The highest BCUT2D eigenvalue weighted by molar-refractivity contribution is 5.95. The first-order chi connectivity index (χ1) is 10.3. The van der Waals surface area contributed by atoms with Crippen LogP contribution in [0.3, 0.4) is 0 Å². The van der Waals surface area contributed by atoms with Gasteiger partial charge in [0.2, 0.25) is 0 Å². The zero-order valence-electron chi connectivity index (χ0n) is 12.6. The highest BCUT2D eigenvalue weighted by Crippen LogP contribution is 2.30. The fraction of sp³-hybridized carbons (Fsp3) is 0.211. The quantitative estimate of drug-likeness (QED) is 0.733. The molecule has 0 aliphatic carbocycles. The predicted octanol–water partition coefficient (Wildman–Crippen LogP) is 4.90. The molecule has 0 unspecified atom stereocenters. The van der Waals surface area contributed by atoms with Gasteiger partial charge >= 0.3 is 0 Å². The Morgan fingerprint density at radius 1 is 1.00 bits per heavy atom. The zero-order valence-corrected chi connectivity index (χ0v) is 12.6. The molecule has 3 rings (SSSR count). The minimum atomic E-state index is 0.993. The second-order valence-electron chi connectivity index (χ2n) is 5.24. The number of hydrogen-bond donors (Lipinski definition) is 1. The van der Waals surface area contributed by atoms with Gasteiger partial charge in [0, 0.05) is 18.0 Å². The van der Waals surface area contributed by atoms with Crippen LogP contribution in [-0.4, -0.2) is 12.0 Å². The van der Waals surface area contributed by atoms with Crippen LogP contribution in [-0.2, 0) is 6.42 Å². The number of nitrogens with zero attached hydrogens (tertiary/aromatic N) is 1. The molecule has 2 aromatic carbocycles. The Labute approximate surface area is 125 Å². The van der Waals surface area contributed by atoms with Crippen molar-refractivity contribution >= 4 is 16.7 Å². The van der Waals surface area contributed by atoms with E-state index in [1.165, 1.54) is 22.1 Å². The van der Waals surface area contributed by atoms with E-state index < -0.39 is 0 Å². The van der Waals surface area contributed by atoms with Gasteiger partial charge in [0.15, 0.2) is 0 Å². The summed E-state index contributed by atoms with van der Waals surface area (Å²) in [7, 11) is 1.94. The molecule has 0 saturated heterocycles. The van der Waals surface area contributed by atoms with Crippen molar-refractivity contribution in [3.05, 3.63) is 60.2 Å². The zero-order chi connectivity index (χ0) is 14.7. The molecule has 3 aromatic rings. The highest BCUT2D eigenvalue weighted by Gasteiger charge is 2.09. The molecule has 2 heteroatoms. The fourth-order valence-corrected chi connectivity index (χ4v) is 2.77. The number of benzene rings is 2. The maximum Gasteiger partial charge on any atom is 0.129 e. The average Bonchev–Trinajstić information content (AvgIpc) is 2.54. The second kappa shape index (κ2) is 5.96. The Morgan fingerprint density at radius 3 is 2.52 bits per heavy atom. The van der Waals surface area contributed by atoms with E-state index in [2.05, 4.69) is 60.8 Å². The van der Waals surface area contributed by atoms with Crippen molar-refractivity contribution < 1.29 is 0 Å². The minimum absolute atomic E-state index is 0.993. The Morgan fingerprint density at radius 2 is 1.81 bits per heavy atom.